The number of guanidine groups is 1. The Hall–Kier alpha value is -2.44. The fraction of sp³-hybridized carbons (Fsp3) is 0.619. The summed E-state index contributed by atoms with van der Waals surface area (Å²) in [6, 6.07) is 8.21. The lowest BCUT2D eigenvalue weighted by Gasteiger charge is -2.38. The third-order valence-corrected chi connectivity index (χ3v) is 4.23. The molecule has 0 bridgehead atoms. The summed E-state index contributed by atoms with van der Waals surface area (Å²) in [4.78, 5) is 16.0. The van der Waals surface area contributed by atoms with Crippen molar-refractivity contribution in [2.75, 3.05) is 20.1 Å². The summed E-state index contributed by atoms with van der Waals surface area (Å²) in [5, 5.41) is 9.56. The Labute approximate surface area is 168 Å². The van der Waals surface area contributed by atoms with Crippen LogP contribution >= 0.6 is 0 Å². The van der Waals surface area contributed by atoms with Crippen LogP contribution in [0.5, 0.6) is 5.75 Å². The lowest BCUT2D eigenvalue weighted by Crippen LogP contribution is -2.45. The number of amides is 1. The van der Waals surface area contributed by atoms with E-state index in [4.69, 9.17) is 9.47 Å². The summed E-state index contributed by atoms with van der Waals surface area (Å²) in [5.41, 5.74) is 0.404. The predicted molar refractivity (Wildman–Crippen MR) is 112 cm³/mol. The Bertz CT molecular complexity index is 695. The maximum Gasteiger partial charge on any atom is 0.407 e. The highest BCUT2D eigenvalue weighted by Crippen LogP contribution is 2.39. The molecule has 1 heterocycles. The zero-order valence-corrected chi connectivity index (χ0v) is 17.9. The van der Waals surface area contributed by atoms with Gasteiger partial charge in [-0.25, -0.2) is 4.79 Å². The summed E-state index contributed by atoms with van der Waals surface area (Å²) >= 11 is 0. The Morgan fingerprint density at radius 1 is 1.25 bits per heavy atom. The highest BCUT2D eigenvalue weighted by Gasteiger charge is 2.33. The molecule has 28 heavy (non-hydrogen) atoms. The smallest absolute Gasteiger partial charge is 0.407 e. The van der Waals surface area contributed by atoms with Gasteiger partial charge in [0.15, 0.2) is 5.96 Å². The summed E-state index contributed by atoms with van der Waals surface area (Å²) < 4.78 is 11.3. The molecule has 0 radical (unpaired) electrons. The number of hydrogen-bond donors (Lipinski definition) is 3. The van der Waals surface area contributed by atoms with Crippen molar-refractivity contribution < 1.29 is 14.3 Å². The number of aliphatic imine (C=N–C) groups is 1. The summed E-state index contributed by atoms with van der Waals surface area (Å²) in [5.74, 6) is 1.64. The van der Waals surface area contributed by atoms with E-state index in [1.807, 2.05) is 39.0 Å². The van der Waals surface area contributed by atoms with Gasteiger partial charge >= 0.3 is 6.09 Å². The largest absolute Gasteiger partial charge is 0.487 e. The zero-order valence-electron chi connectivity index (χ0n) is 17.9. The molecular formula is C21H34N4O3. The number of rotatable bonds is 5. The Kier molecular flexibility index (Phi) is 7.16. The number of fused-ring (bicyclic) bond motifs is 1. The van der Waals surface area contributed by atoms with E-state index in [1.54, 1.807) is 7.05 Å². The van der Waals surface area contributed by atoms with E-state index in [0.29, 0.717) is 13.1 Å². The van der Waals surface area contributed by atoms with Crippen LogP contribution in [0.2, 0.25) is 0 Å². The van der Waals surface area contributed by atoms with Gasteiger partial charge in [-0.2, -0.15) is 0 Å². The van der Waals surface area contributed by atoms with Crippen molar-refractivity contribution >= 4 is 12.1 Å². The van der Waals surface area contributed by atoms with Crippen LogP contribution in [0.3, 0.4) is 0 Å². The fourth-order valence-electron chi connectivity index (χ4n) is 3.09. The Morgan fingerprint density at radius 3 is 2.61 bits per heavy atom. The molecule has 0 aromatic heterocycles. The topological polar surface area (TPSA) is 84.0 Å². The standard InChI is InChI=1S/C21H34N4O3/c1-20(2,3)28-19(26)24-13-9-12-23-18(22-6)25-16-14-21(4,5)27-17-11-8-7-10-15(16)17/h7-8,10-11,16H,9,12-14H2,1-6H3,(H,24,26)(H2,22,23,25). The van der Waals surface area contributed by atoms with E-state index in [2.05, 4.69) is 40.9 Å². The van der Waals surface area contributed by atoms with Crippen molar-refractivity contribution in [2.24, 2.45) is 4.99 Å². The summed E-state index contributed by atoms with van der Waals surface area (Å²) in [6.45, 7) is 10.9. The zero-order chi connectivity index (χ0) is 20.8. The van der Waals surface area contributed by atoms with Crippen LogP contribution < -0.4 is 20.7 Å². The summed E-state index contributed by atoms with van der Waals surface area (Å²) in [7, 11) is 1.75. The molecule has 1 amide bonds. The first-order valence-corrected chi connectivity index (χ1v) is 9.82. The molecule has 7 nitrogen and oxygen atoms in total. The second kappa shape index (κ2) is 9.17. The maximum atomic E-state index is 11.7. The first-order valence-electron chi connectivity index (χ1n) is 9.82. The number of carbonyl (C=O) groups is 1. The molecule has 1 aliphatic heterocycles. The molecule has 0 saturated heterocycles. The third-order valence-electron chi connectivity index (χ3n) is 4.23. The second-order valence-electron chi connectivity index (χ2n) is 8.58. The molecule has 1 aromatic carbocycles. The average molecular weight is 391 g/mol. The Morgan fingerprint density at radius 2 is 1.93 bits per heavy atom. The monoisotopic (exact) mass is 390 g/mol. The first-order chi connectivity index (χ1) is 13.1. The number of nitrogens with zero attached hydrogens (tertiary/aromatic N) is 1. The number of para-hydroxylation sites is 1. The summed E-state index contributed by atoms with van der Waals surface area (Å²) in [6.07, 6.45) is 1.21. The van der Waals surface area contributed by atoms with Crippen molar-refractivity contribution in [1.82, 2.24) is 16.0 Å². The molecule has 0 spiro atoms. The molecule has 1 unspecified atom stereocenters. The van der Waals surface area contributed by atoms with Gasteiger partial charge in [-0.05, 0) is 47.1 Å². The Balaban J connectivity index is 1.81. The molecule has 0 saturated carbocycles. The minimum absolute atomic E-state index is 0.117. The minimum atomic E-state index is -0.484. The van der Waals surface area contributed by atoms with Crippen LogP contribution in [0.15, 0.2) is 29.3 Å². The quantitative estimate of drug-likeness (QED) is 0.408. The van der Waals surface area contributed by atoms with Gasteiger partial charge in [0.1, 0.15) is 17.0 Å². The van der Waals surface area contributed by atoms with Crippen molar-refractivity contribution in [3.05, 3.63) is 29.8 Å². The number of ether oxygens (including phenoxy) is 2. The van der Waals surface area contributed by atoms with Gasteiger partial charge in [-0.1, -0.05) is 18.2 Å². The SMILES string of the molecule is CN=C(NCCCNC(=O)OC(C)(C)C)NC1CC(C)(C)Oc2ccccc21. The van der Waals surface area contributed by atoms with Crippen LogP contribution in [0.4, 0.5) is 4.79 Å². The highest BCUT2D eigenvalue weighted by molar-refractivity contribution is 5.80. The molecular weight excluding hydrogens is 356 g/mol. The van der Waals surface area contributed by atoms with E-state index in [9.17, 15) is 4.79 Å². The van der Waals surface area contributed by atoms with Crippen molar-refractivity contribution in [3.63, 3.8) is 0 Å². The van der Waals surface area contributed by atoms with E-state index < -0.39 is 11.7 Å². The highest BCUT2D eigenvalue weighted by atomic mass is 16.6. The second-order valence-corrected chi connectivity index (χ2v) is 8.58. The number of nitrogens with one attached hydrogen (secondary N) is 3. The van der Waals surface area contributed by atoms with Crippen molar-refractivity contribution in [2.45, 2.75) is 64.7 Å². The van der Waals surface area contributed by atoms with Gasteiger partial charge in [-0.15, -0.1) is 0 Å². The van der Waals surface area contributed by atoms with Gasteiger partial charge < -0.3 is 25.4 Å². The number of alkyl carbamates (subject to hydrolysis) is 1. The van der Waals surface area contributed by atoms with Crippen LogP contribution in [0.1, 0.15) is 59.1 Å². The lowest BCUT2D eigenvalue weighted by molar-refractivity contribution is 0.0527. The maximum absolute atomic E-state index is 11.7. The van der Waals surface area contributed by atoms with E-state index in [0.717, 1.165) is 30.1 Å². The van der Waals surface area contributed by atoms with Crippen LogP contribution in [0, 0.1) is 0 Å². The number of hydrogen-bond acceptors (Lipinski definition) is 4. The van der Waals surface area contributed by atoms with E-state index in [1.165, 1.54) is 0 Å². The third kappa shape index (κ3) is 6.94. The first kappa shape index (κ1) is 21.9. The molecule has 1 atom stereocenters. The van der Waals surface area contributed by atoms with Crippen molar-refractivity contribution in [1.29, 1.82) is 0 Å². The molecule has 2 rings (SSSR count). The van der Waals surface area contributed by atoms with Crippen molar-refractivity contribution in [3.8, 4) is 5.75 Å². The van der Waals surface area contributed by atoms with E-state index in [-0.39, 0.29) is 11.6 Å². The van der Waals surface area contributed by atoms with Gasteiger partial charge in [0.05, 0.1) is 6.04 Å². The van der Waals surface area contributed by atoms with Gasteiger partial charge in [0.25, 0.3) is 0 Å². The number of benzene rings is 1. The molecule has 7 heteroatoms. The lowest BCUT2D eigenvalue weighted by atomic mass is 9.90. The van der Waals surface area contributed by atoms with Gasteiger partial charge in [0, 0.05) is 32.1 Å². The van der Waals surface area contributed by atoms with Gasteiger partial charge in [-0.3, -0.25) is 4.99 Å². The fourth-order valence-corrected chi connectivity index (χ4v) is 3.09. The van der Waals surface area contributed by atoms with Crippen LogP contribution in [0.25, 0.3) is 0 Å². The molecule has 1 aromatic rings. The average Bonchev–Trinajstić information content (AvgIpc) is 2.57. The minimum Gasteiger partial charge on any atom is -0.487 e. The van der Waals surface area contributed by atoms with Gasteiger partial charge in [0.2, 0.25) is 0 Å². The van der Waals surface area contributed by atoms with E-state index >= 15 is 0 Å². The molecule has 0 fully saturated rings. The molecule has 3 N–H and O–H groups in total. The molecule has 0 aliphatic carbocycles. The van der Waals surface area contributed by atoms with Crippen LogP contribution in [-0.4, -0.2) is 43.4 Å². The number of carbonyl (C=O) groups excluding carboxylic acids is 1. The molecule has 156 valence electrons. The molecule has 1 aliphatic rings. The van der Waals surface area contributed by atoms with Crippen LogP contribution in [-0.2, 0) is 4.74 Å². The normalized spacial score (nSPS) is 18.5. The predicted octanol–water partition coefficient (Wildman–Crippen LogP) is 3.37.